The van der Waals surface area contributed by atoms with Crippen molar-refractivity contribution >= 4 is 45.3 Å². The molecule has 2 amide bonds. The first-order valence-electron chi connectivity index (χ1n) is 11.2. The predicted octanol–water partition coefficient (Wildman–Crippen LogP) is 4.27. The Morgan fingerprint density at radius 2 is 2.12 bits per heavy atom. The van der Waals surface area contributed by atoms with E-state index in [1.165, 1.54) is 16.2 Å². The number of amides is 2. The first-order chi connectivity index (χ1) is 16.4. The Morgan fingerprint density at radius 1 is 1.26 bits per heavy atom. The van der Waals surface area contributed by atoms with Crippen LogP contribution in [0.3, 0.4) is 0 Å². The standard InChI is InChI=1S/C23H25N5O4S2/c1-4-16-22(30)28(11-19(29)25-23-27-26-21(34-23)18-6-5-9-31-18)15-10-14(7-8-17(15)32-16)20-12(2)33-13(3)24-20/h7-8,10,16,18H,4-6,9,11H2,1-3H3,(H,25,27,29). The van der Waals surface area contributed by atoms with Crippen LogP contribution in [0.5, 0.6) is 5.75 Å². The fraction of sp³-hybridized carbons (Fsp3) is 0.435. The molecule has 3 aromatic rings. The fourth-order valence-electron chi connectivity index (χ4n) is 4.18. The second-order valence-electron chi connectivity index (χ2n) is 8.25. The van der Waals surface area contributed by atoms with Gasteiger partial charge in [0, 0.05) is 17.0 Å². The Bertz CT molecular complexity index is 1230. The summed E-state index contributed by atoms with van der Waals surface area (Å²) in [5.41, 5.74) is 2.31. The van der Waals surface area contributed by atoms with Crippen molar-refractivity contribution in [2.24, 2.45) is 0 Å². The van der Waals surface area contributed by atoms with Crippen LogP contribution in [-0.2, 0) is 14.3 Å². The van der Waals surface area contributed by atoms with Gasteiger partial charge in [-0.05, 0) is 51.3 Å². The second-order valence-corrected chi connectivity index (χ2v) is 10.7. The molecule has 0 bridgehead atoms. The lowest BCUT2D eigenvalue weighted by atomic mass is 10.1. The van der Waals surface area contributed by atoms with E-state index < -0.39 is 6.10 Å². The summed E-state index contributed by atoms with van der Waals surface area (Å²) in [6.45, 7) is 6.43. The van der Waals surface area contributed by atoms with E-state index in [2.05, 4.69) is 20.5 Å². The number of hydrogen-bond donors (Lipinski definition) is 1. The summed E-state index contributed by atoms with van der Waals surface area (Å²) in [5, 5.41) is 13.1. The smallest absolute Gasteiger partial charge is 0.268 e. The number of anilines is 2. The quantitative estimate of drug-likeness (QED) is 0.540. The SMILES string of the molecule is CCC1Oc2ccc(-c3nc(C)sc3C)cc2N(CC(=O)Nc2nnc(C3CCCO3)s2)C1=O. The average molecular weight is 500 g/mol. The molecule has 11 heteroatoms. The molecule has 2 unspecified atom stereocenters. The van der Waals surface area contributed by atoms with Gasteiger partial charge in [0.05, 0.1) is 16.4 Å². The van der Waals surface area contributed by atoms with E-state index in [-0.39, 0.29) is 24.5 Å². The number of benzene rings is 1. The van der Waals surface area contributed by atoms with Gasteiger partial charge in [-0.1, -0.05) is 18.3 Å². The summed E-state index contributed by atoms with van der Waals surface area (Å²) in [6, 6.07) is 5.65. The number of nitrogens with zero attached hydrogens (tertiary/aromatic N) is 4. The molecule has 2 aliphatic rings. The van der Waals surface area contributed by atoms with Gasteiger partial charge < -0.3 is 9.47 Å². The van der Waals surface area contributed by atoms with Crippen LogP contribution in [-0.4, -0.2) is 46.3 Å². The van der Waals surface area contributed by atoms with E-state index in [9.17, 15) is 9.59 Å². The molecule has 0 spiro atoms. The minimum atomic E-state index is -0.637. The van der Waals surface area contributed by atoms with Gasteiger partial charge >= 0.3 is 0 Å². The molecule has 4 heterocycles. The van der Waals surface area contributed by atoms with Crippen LogP contribution >= 0.6 is 22.7 Å². The van der Waals surface area contributed by atoms with Crippen molar-refractivity contribution in [3.05, 3.63) is 33.1 Å². The van der Waals surface area contributed by atoms with Crippen molar-refractivity contribution in [3.8, 4) is 17.0 Å². The van der Waals surface area contributed by atoms with Crippen molar-refractivity contribution in [2.75, 3.05) is 23.4 Å². The first kappa shape index (κ1) is 22.9. The highest BCUT2D eigenvalue weighted by Gasteiger charge is 2.35. The van der Waals surface area contributed by atoms with Crippen molar-refractivity contribution < 1.29 is 19.1 Å². The molecule has 1 aromatic carbocycles. The number of thiazole rings is 1. The second kappa shape index (κ2) is 9.40. The molecule has 178 valence electrons. The fourth-order valence-corrected chi connectivity index (χ4v) is 5.86. The number of hydrogen-bond acceptors (Lipinski definition) is 9. The number of aromatic nitrogens is 3. The number of fused-ring (bicyclic) bond motifs is 1. The number of nitrogens with one attached hydrogen (secondary N) is 1. The van der Waals surface area contributed by atoms with Gasteiger partial charge in [0.1, 0.15) is 23.4 Å². The molecule has 2 aliphatic heterocycles. The third-order valence-electron chi connectivity index (χ3n) is 5.80. The number of rotatable bonds is 6. The predicted molar refractivity (Wildman–Crippen MR) is 131 cm³/mol. The Labute approximate surface area is 205 Å². The minimum Gasteiger partial charge on any atom is -0.478 e. The Hall–Kier alpha value is -2.89. The summed E-state index contributed by atoms with van der Waals surface area (Å²) in [6.07, 6.45) is 1.70. The van der Waals surface area contributed by atoms with Crippen molar-refractivity contribution in [2.45, 2.75) is 52.2 Å². The molecule has 9 nitrogen and oxygen atoms in total. The zero-order chi connectivity index (χ0) is 23.8. The summed E-state index contributed by atoms with van der Waals surface area (Å²) in [5.74, 6) is -0.0212. The van der Waals surface area contributed by atoms with Gasteiger partial charge in [-0.2, -0.15) is 0 Å². The topological polar surface area (TPSA) is 107 Å². The number of ether oxygens (including phenoxy) is 2. The van der Waals surface area contributed by atoms with E-state index in [1.54, 1.807) is 11.3 Å². The maximum absolute atomic E-state index is 13.2. The summed E-state index contributed by atoms with van der Waals surface area (Å²) >= 11 is 2.92. The minimum absolute atomic E-state index is 0.0580. The molecule has 0 radical (unpaired) electrons. The molecule has 0 aliphatic carbocycles. The first-order valence-corrected chi connectivity index (χ1v) is 12.9. The third-order valence-corrected chi connectivity index (χ3v) is 7.62. The highest BCUT2D eigenvalue weighted by atomic mass is 32.1. The molecular formula is C23H25N5O4S2. The van der Waals surface area contributed by atoms with Gasteiger partial charge in [-0.15, -0.1) is 21.5 Å². The lowest BCUT2D eigenvalue weighted by Crippen LogP contribution is -2.48. The molecule has 1 N–H and O–H groups in total. The van der Waals surface area contributed by atoms with Crippen LogP contribution in [0.4, 0.5) is 10.8 Å². The highest BCUT2D eigenvalue weighted by molar-refractivity contribution is 7.15. The third kappa shape index (κ3) is 4.42. The maximum atomic E-state index is 13.2. The Kier molecular flexibility index (Phi) is 6.32. The molecular weight excluding hydrogens is 474 g/mol. The van der Waals surface area contributed by atoms with Crippen LogP contribution in [0.25, 0.3) is 11.3 Å². The van der Waals surface area contributed by atoms with Crippen LogP contribution in [0, 0.1) is 13.8 Å². The zero-order valence-corrected chi connectivity index (χ0v) is 20.8. The lowest BCUT2D eigenvalue weighted by Gasteiger charge is -2.33. The van der Waals surface area contributed by atoms with E-state index in [0.717, 1.165) is 39.0 Å². The molecule has 1 fully saturated rings. The van der Waals surface area contributed by atoms with Crippen LogP contribution in [0.1, 0.15) is 47.2 Å². The largest absolute Gasteiger partial charge is 0.478 e. The highest BCUT2D eigenvalue weighted by Crippen LogP contribution is 2.39. The average Bonchev–Trinajstić information content (AvgIpc) is 3.56. The van der Waals surface area contributed by atoms with Gasteiger partial charge in [-0.3, -0.25) is 19.8 Å². The Balaban J connectivity index is 1.39. The summed E-state index contributed by atoms with van der Waals surface area (Å²) < 4.78 is 11.6. The molecule has 2 aromatic heterocycles. The monoisotopic (exact) mass is 499 g/mol. The summed E-state index contributed by atoms with van der Waals surface area (Å²) in [4.78, 5) is 33.3. The van der Waals surface area contributed by atoms with Gasteiger partial charge in [0.25, 0.3) is 5.91 Å². The van der Waals surface area contributed by atoms with Gasteiger partial charge in [-0.25, -0.2) is 4.98 Å². The van der Waals surface area contributed by atoms with E-state index >= 15 is 0 Å². The number of carbonyl (C=O) groups is 2. The van der Waals surface area contributed by atoms with Crippen molar-refractivity contribution in [3.63, 3.8) is 0 Å². The van der Waals surface area contributed by atoms with Crippen molar-refractivity contribution in [1.82, 2.24) is 15.2 Å². The number of carbonyl (C=O) groups excluding carboxylic acids is 2. The maximum Gasteiger partial charge on any atom is 0.268 e. The number of aryl methyl sites for hydroxylation is 2. The molecule has 34 heavy (non-hydrogen) atoms. The zero-order valence-electron chi connectivity index (χ0n) is 19.2. The molecule has 0 saturated carbocycles. The van der Waals surface area contributed by atoms with Gasteiger partial charge in [0.15, 0.2) is 6.10 Å². The normalized spacial score (nSPS) is 19.7. The van der Waals surface area contributed by atoms with E-state index in [4.69, 9.17) is 9.47 Å². The van der Waals surface area contributed by atoms with E-state index in [1.807, 2.05) is 39.0 Å². The Morgan fingerprint density at radius 3 is 2.82 bits per heavy atom. The van der Waals surface area contributed by atoms with Crippen molar-refractivity contribution in [1.29, 1.82) is 0 Å². The van der Waals surface area contributed by atoms with Crippen LogP contribution in [0.15, 0.2) is 18.2 Å². The lowest BCUT2D eigenvalue weighted by molar-refractivity contribution is -0.128. The molecule has 2 atom stereocenters. The summed E-state index contributed by atoms with van der Waals surface area (Å²) in [7, 11) is 0. The van der Waals surface area contributed by atoms with Crippen LogP contribution < -0.4 is 15.0 Å². The van der Waals surface area contributed by atoms with Gasteiger partial charge in [0.2, 0.25) is 11.0 Å². The van der Waals surface area contributed by atoms with Crippen LogP contribution in [0.2, 0.25) is 0 Å². The van der Waals surface area contributed by atoms with E-state index in [0.29, 0.717) is 29.6 Å². The molecule has 1 saturated heterocycles. The molecule has 5 rings (SSSR count).